The molecule has 0 saturated heterocycles. The van der Waals surface area contributed by atoms with E-state index in [1.54, 1.807) is 44.2 Å². The molecule has 5 nitrogen and oxygen atoms in total. The summed E-state index contributed by atoms with van der Waals surface area (Å²) in [7, 11) is 0. The number of hydrogen-bond donors (Lipinski definition) is 0. The molecule has 0 fully saturated rings. The molecule has 1 heterocycles. The zero-order valence-electron chi connectivity index (χ0n) is 14.3. The number of ether oxygens (including phenoxy) is 2. The molecule has 0 aliphatic carbocycles. The van der Waals surface area contributed by atoms with Gasteiger partial charge < -0.3 is 13.9 Å². The van der Waals surface area contributed by atoms with E-state index < -0.39 is 11.9 Å². The minimum Gasteiger partial charge on any atom is -0.462 e. The van der Waals surface area contributed by atoms with Crippen molar-refractivity contribution in [2.45, 2.75) is 20.8 Å². The summed E-state index contributed by atoms with van der Waals surface area (Å²) in [5, 5.41) is 0.561. The van der Waals surface area contributed by atoms with Crippen molar-refractivity contribution < 1.29 is 23.5 Å². The molecule has 0 bridgehead atoms. The maximum Gasteiger partial charge on any atom is 0.343 e. The van der Waals surface area contributed by atoms with Gasteiger partial charge in [0.05, 0.1) is 12.2 Å². The molecule has 5 heteroatoms. The van der Waals surface area contributed by atoms with E-state index in [1.807, 2.05) is 19.1 Å². The molecule has 0 unspecified atom stereocenters. The van der Waals surface area contributed by atoms with Gasteiger partial charge in [0.15, 0.2) is 0 Å². The first-order chi connectivity index (χ1) is 12.0. The van der Waals surface area contributed by atoms with E-state index in [2.05, 4.69) is 0 Å². The summed E-state index contributed by atoms with van der Waals surface area (Å²) in [4.78, 5) is 24.5. The van der Waals surface area contributed by atoms with E-state index in [4.69, 9.17) is 13.9 Å². The molecule has 0 aliphatic rings. The lowest BCUT2D eigenvalue weighted by molar-refractivity contribution is 0.0526. The number of benzene rings is 2. The van der Waals surface area contributed by atoms with E-state index in [9.17, 15) is 9.59 Å². The molecular weight excluding hydrogens is 320 g/mol. The number of carbonyl (C=O) groups excluding carboxylic acids is 2. The Morgan fingerprint density at radius 2 is 1.80 bits per heavy atom. The highest BCUT2D eigenvalue weighted by Gasteiger charge is 2.20. The largest absolute Gasteiger partial charge is 0.462 e. The highest BCUT2D eigenvalue weighted by atomic mass is 16.5. The topological polar surface area (TPSA) is 65.7 Å². The lowest BCUT2D eigenvalue weighted by Gasteiger charge is -2.07. The van der Waals surface area contributed by atoms with Crippen LogP contribution in [0.2, 0.25) is 0 Å². The molecular formula is C20H18O5. The van der Waals surface area contributed by atoms with Crippen molar-refractivity contribution in [3.63, 3.8) is 0 Å². The van der Waals surface area contributed by atoms with E-state index in [0.717, 1.165) is 5.56 Å². The third kappa shape index (κ3) is 3.26. The summed E-state index contributed by atoms with van der Waals surface area (Å²) >= 11 is 0. The van der Waals surface area contributed by atoms with Crippen LogP contribution < -0.4 is 4.74 Å². The highest BCUT2D eigenvalue weighted by molar-refractivity contribution is 6.05. The van der Waals surface area contributed by atoms with Crippen molar-refractivity contribution in [2.24, 2.45) is 0 Å². The quantitative estimate of drug-likeness (QED) is 0.519. The Hall–Kier alpha value is -3.08. The zero-order chi connectivity index (χ0) is 18.0. The maximum absolute atomic E-state index is 12.4. The first-order valence-electron chi connectivity index (χ1n) is 7.99. The lowest BCUT2D eigenvalue weighted by atomic mass is 10.1. The van der Waals surface area contributed by atoms with Gasteiger partial charge in [0, 0.05) is 5.39 Å². The standard InChI is InChI=1S/C20H18O5/c1-4-23-20(22)18-13(3)24-17-10-9-14(11-16(17)18)25-19(21)15-8-6-5-7-12(15)2/h5-11H,4H2,1-3H3. The number of furan rings is 1. The molecule has 0 spiro atoms. The molecule has 0 aliphatic heterocycles. The second-order valence-electron chi connectivity index (χ2n) is 5.62. The number of carbonyl (C=O) groups is 2. The fourth-order valence-corrected chi connectivity index (χ4v) is 2.68. The van der Waals surface area contributed by atoms with Crippen molar-refractivity contribution >= 4 is 22.9 Å². The number of hydrogen-bond acceptors (Lipinski definition) is 5. The van der Waals surface area contributed by atoms with Gasteiger partial charge in [-0.3, -0.25) is 0 Å². The van der Waals surface area contributed by atoms with Crippen molar-refractivity contribution in [3.05, 3.63) is 64.9 Å². The molecule has 3 aromatic rings. The molecule has 0 atom stereocenters. The van der Waals surface area contributed by atoms with Gasteiger partial charge in [0.1, 0.15) is 22.7 Å². The minimum absolute atomic E-state index is 0.271. The Labute approximate surface area is 145 Å². The number of rotatable bonds is 4. The third-order valence-electron chi connectivity index (χ3n) is 3.89. The summed E-state index contributed by atoms with van der Waals surface area (Å²) in [6.45, 7) is 5.56. The van der Waals surface area contributed by atoms with Gasteiger partial charge in [-0.15, -0.1) is 0 Å². The number of fused-ring (bicyclic) bond motifs is 1. The predicted octanol–water partition coefficient (Wildman–Crippen LogP) is 4.45. The second-order valence-corrected chi connectivity index (χ2v) is 5.62. The number of aryl methyl sites for hydroxylation is 2. The van der Waals surface area contributed by atoms with Crippen LogP contribution >= 0.6 is 0 Å². The fourth-order valence-electron chi connectivity index (χ4n) is 2.68. The van der Waals surface area contributed by atoms with Crippen LogP contribution in [-0.4, -0.2) is 18.5 Å². The monoisotopic (exact) mass is 338 g/mol. The summed E-state index contributed by atoms with van der Waals surface area (Å²) in [6, 6.07) is 12.1. The van der Waals surface area contributed by atoms with Crippen molar-refractivity contribution in [1.29, 1.82) is 0 Å². The van der Waals surface area contributed by atoms with Gasteiger partial charge in [-0.05, 0) is 50.6 Å². The van der Waals surface area contributed by atoms with E-state index >= 15 is 0 Å². The smallest absolute Gasteiger partial charge is 0.343 e. The van der Waals surface area contributed by atoms with Crippen molar-refractivity contribution in [2.75, 3.05) is 6.61 Å². The van der Waals surface area contributed by atoms with Gasteiger partial charge in [0.25, 0.3) is 0 Å². The van der Waals surface area contributed by atoms with Crippen LogP contribution in [0.5, 0.6) is 5.75 Å². The van der Waals surface area contributed by atoms with Gasteiger partial charge in [-0.25, -0.2) is 9.59 Å². The summed E-state index contributed by atoms with van der Waals surface area (Å²) < 4.78 is 16.1. The van der Waals surface area contributed by atoms with Gasteiger partial charge in [-0.2, -0.15) is 0 Å². The molecule has 0 radical (unpaired) electrons. The SMILES string of the molecule is CCOC(=O)c1c(C)oc2ccc(OC(=O)c3ccccc3C)cc12. The zero-order valence-corrected chi connectivity index (χ0v) is 14.3. The van der Waals surface area contributed by atoms with Crippen molar-refractivity contribution in [3.8, 4) is 5.75 Å². The molecule has 25 heavy (non-hydrogen) atoms. The summed E-state index contributed by atoms with van der Waals surface area (Å²) in [5.74, 6) is -0.0978. The Balaban J connectivity index is 1.95. The molecule has 1 aromatic heterocycles. The maximum atomic E-state index is 12.4. The van der Waals surface area contributed by atoms with E-state index in [1.165, 1.54) is 0 Å². The molecule has 128 valence electrons. The van der Waals surface area contributed by atoms with Crippen LogP contribution in [0.4, 0.5) is 0 Å². The van der Waals surface area contributed by atoms with E-state index in [-0.39, 0.29) is 6.61 Å². The Morgan fingerprint density at radius 3 is 2.52 bits per heavy atom. The fraction of sp³-hybridized carbons (Fsp3) is 0.200. The molecule has 2 aromatic carbocycles. The van der Waals surface area contributed by atoms with Gasteiger partial charge >= 0.3 is 11.9 Å². The molecule has 0 N–H and O–H groups in total. The van der Waals surface area contributed by atoms with Crippen LogP contribution in [-0.2, 0) is 4.74 Å². The second kappa shape index (κ2) is 6.81. The average Bonchev–Trinajstić information content (AvgIpc) is 2.90. The van der Waals surface area contributed by atoms with Crippen LogP contribution in [0.1, 0.15) is 39.0 Å². The Bertz CT molecular complexity index is 952. The minimum atomic E-state index is -0.457. The van der Waals surface area contributed by atoms with Crippen LogP contribution in [0.25, 0.3) is 11.0 Å². The number of esters is 2. The van der Waals surface area contributed by atoms with Crippen LogP contribution in [0.3, 0.4) is 0 Å². The molecule has 0 amide bonds. The van der Waals surface area contributed by atoms with Gasteiger partial charge in [-0.1, -0.05) is 18.2 Å². The Morgan fingerprint density at radius 1 is 1.04 bits per heavy atom. The van der Waals surface area contributed by atoms with Gasteiger partial charge in [0.2, 0.25) is 0 Å². The predicted molar refractivity (Wildman–Crippen MR) is 93.0 cm³/mol. The van der Waals surface area contributed by atoms with E-state index in [0.29, 0.717) is 33.6 Å². The van der Waals surface area contributed by atoms with Crippen molar-refractivity contribution in [1.82, 2.24) is 0 Å². The normalized spacial score (nSPS) is 10.7. The lowest BCUT2D eigenvalue weighted by Crippen LogP contribution is -2.10. The first kappa shape index (κ1) is 16.8. The Kier molecular flexibility index (Phi) is 4.57. The average molecular weight is 338 g/mol. The van der Waals surface area contributed by atoms with Crippen LogP contribution in [0, 0.1) is 13.8 Å². The third-order valence-corrected chi connectivity index (χ3v) is 3.89. The van der Waals surface area contributed by atoms with Crippen LogP contribution in [0.15, 0.2) is 46.9 Å². The first-order valence-corrected chi connectivity index (χ1v) is 7.99. The molecule has 3 rings (SSSR count). The summed E-state index contributed by atoms with van der Waals surface area (Å²) in [6.07, 6.45) is 0. The highest BCUT2D eigenvalue weighted by Crippen LogP contribution is 2.30. The summed E-state index contributed by atoms with van der Waals surface area (Å²) in [5.41, 5.74) is 2.22. The molecule has 0 saturated carbocycles.